The quantitative estimate of drug-likeness (QED) is 0.326. The number of nitrogens with one attached hydrogen (secondary N) is 1. The van der Waals surface area contributed by atoms with Gasteiger partial charge in [0.2, 0.25) is 0 Å². The fraction of sp³-hybridized carbons (Fsp3) is 0.161. The largest absolute Gasteiger partial charge is 0.384 e. The molecule has 5 nitrogen and oxygen atoms in total. The number of rotatable bonds is 5. The van der Waals surface area contributed by atoms with E-state index < -0.39 is 11.6 Å². The molecule has 2 unspecified atom stereocenters. The first-order chi connectivity index (χ1) is 18.2. The Bertz CT molecular complexity index is 1660. The molecule has 2 aliphatic rings. The van der Waals surface area contributed by atoms with Gasteiger partial charge in [-0.1, -0.05) is 30.4 Å². The Hall–Kier alpha value is -4.36. The summed E-state index contributed by atoms with van der Waals surface area (Å²) in [5, 5.41) is 2.99. The number of carbonyl (C=O) groups is 1. The summed E-state index contributed by atoms with van der Waals surface area (Å²) in [5.74, 6) is -1.04. The second-order valence-electron chi connectivity index (χ2n) is 9.83. The van der Waals surface area contributed by atoms with Crippen LogP contribution in [0.3, 0.4) is 0 Å². The molecule has 7 heteroatoms. The van der Waals surface area contributed by atoms with E-state index in [1.807, 2.05) is 44.2 Å². The highest BCUT2D eigenvalue weighted by molar-refractivity contribution is 5.94. The van der Waals surface area contributed by atoms with E-state index in [-0.39, 0.29) is 24.7 Å². The van der Waals surface area contributed by atoms with E-state index in [2.05, 4.69) is 16.9 Å². The molecule has 0 saturated heterocycles. The van der Waals surface area contributed by atoms with Gasteiger partial charge >= 0.3 is 0 Å². The molecule has 3 aromatic carbocycles. The van der Waals surface area contributed by atoms with Crippen molar-refractivity contribution in [3.05, 3.63) is 124 Å². The van der Waals surface area contributed by atoms with Crippen molar-refractivity contribution in [2.24, 2.45) is 0 Å². The number of hydrogen-bond donors (Lipinski definition) is 2. The Morgan fingerprint density at radius 2 is 1.71 bits per heavy atom. The number of pyridine rings is 1. The van der Waals surface area contributed by atoms with Crippen LogP contribution in [0, 0.1) is 18.6 Å². The van der Waals surface area contributed by atoms with Crippen LogP contribution in [0.5, 0.6) is 0 Å². The average molecular weight is 510 g/mol. The number of benzene rings is 3. The molecule has 0 spiro atoms. The molecule has 2 aliphatic heterocycles. The second-order valence-corrected chi connectivity index (χ2v) is 9.83. The molecule has 4 aromatic rings. The van der Waals surface area contributed by atoms with Crippen molar-refractivity contribution < 1.29 is 18.3 Å². The zero-order valence-electron chi connectivity index (χ0n) is 20.9. The number of nitrogen functional groups attached to an aromatic ring is 1. The van der Waals surface area contributed by atoms with Gasteiger partial charge < -0.3 is 15.8 Å². The number of hydrogen-bond acceptors (Lipinski definition) is 4. The molecule has 3 N–H and O–H groups in total. The number of amides is 1. The van der Waals surface area contributed by atoms with Crippen molar-refractivity contribution in [1.29, 1.82) is 0 Å². The summed E-state index contributed by atoms with van der Waals surface area (Å²) in [6, 6.07) is 16.6. The van der Waals surface area contributed by atoms with Crippen LogP contribution < -0.4 is 11.1 Å². The van der Waals surface area contributed by atoms with Gasteiger partial charge in [-0.2, -0.15) is 0 Å². The van der Waals surface area contributed by atoms with Gasteiger partial charge in [0.1, 0.15) is 29.7 Å². The predicted octanol–water partition coefficient (Wildman–Crippen LogP) is 6.40. The molecule has 6 rings (SSSR count). The monoisotopic (exact) mass is 509 g/mol. The lowest BCUT2D eigenvalue weighted by atomic mass is 9.83. The van der Waals surface area contributed by atoms with Gasteiger partial charge in [-0.15, -0.1) is 0 Å². The first-order valence-corrected chi connectivity index (χ1v) is 12.3. The third-order valence-corrected chi connectivity index (χ3v) is 7.32. The third kappa shape index (κ3) is 3.87. The van der Waals surface area contributed by atoms with E-state index in [0.717, 1.165) is 50.7 Å². The Morgan fingerprint density at radius 1 is 1.00 bits per heavy atom. The molecule has 190 valence electrons. The number of carbonyl (C=O) groups excluding carboxylic acids is 1. The van der Waals surface area contributed by atoms with E-state index in [9.17, 15) is 13.6 Å². The maximum absolute atomic E-state index is 14.4. The van der Waals surface area contributed by atoms with E-state index in [0.29, 0.717) is 22.5 Å². The van der Waals surface area contributed by atoms with Crippen LogP contribution in [-0.2, 0) is 11.3 Å². The van der Waals surface area contributed by atoms with Crippen LogP contribution in [0.25, 0.3) is 16.7 Å². The standard InChI is InChI=1S/C31H25F2N3O2/c1-15(2)23-13-28(34)36-16(3)26(23)14-35-31(37)18-5-8-22-25(11-18)30-24-10-17(4-7-21(24)29(22)38-30)20-9-6-19(32)12-27(20)33/h4-13,29-30H,1,14H2,2-3H3,(H2,34,36)(H,35,37). The molecular formula is C31H25F2N3O2. The first-order valence-electron chi connectivity index (χ1n) is 12.3. The highest BCUT2D eigenvalue weighted by atomic mass is 19.1. The molecule has 0 fully saturated rings. The molecule has 2 atom stereocenters. The molecule has 0 saturated carbocycles. The maximum Gasteiger partial charge on any atom is 0.251 e. The molecule has 1 aromatic heterocycles. The Kier molecular flexibility index (Phi) is 5.61. The third-order valence-electron chi connectivity index (χ3n) is 7.32. The lowest BCUT2D eigenvalue weighted by Gasteiger charge is -2.18. The zero-order chi connectivity index (χ0) is 26.7. The molecule has 3 heterocycles. The van der Waals surface area contributed by atoms with E-state index in [1.165, 1.54) is 12.1 Å². The Labute approximate surface area is 219 Å². The minimum atomic E-state index is -0.617. The highest BCUT2D eigenvalue weighted by Crippen LogP contribution is 2.54. The Balaban J connectivity index is 1.27. The van der Waals surface area contributed by atoms with Crippen molar-refractivity contribution >= 4 is 17.3 Å². The zero-order valence-corrected chi connectivity index (χ0v) is 20.9. The van der Waals surface area contributed by atoms with Crippen LogP contribution in [0.2, 0.25) is 0 Å². The van der Waals surface area contributed by atoms with Crippen molar-refractivity contribution in [2.75, 3.05) is 5.73 Å². The van der Waals surface area contributed by atoms with E-state index in [1.54, 1.807) is 12.1 Å². The summed E-state index contributed by atoms with van der Waals surface area (Å²) < 4.78 is 34.1. The lowest BCUT2D eigenvalue weighted by Crippen LogP contribution is -2.24. The van der Waals surface area contributed by atoms with E-state index >= 15 is 0 Å². The minimum absolute atomic E-state index is 0.221. The predicted molar refractivity (Wildman–Crippen MR) is 142 cm³/mol. The van der Waals surface area contributed by atoms with Crippen molar-refractivity contribution in [2.45, 2.75) is 32.6 Å². The van der Waals surface area contributed by atoms with Crippen LogP contribution in [0.15, 0.2) is 67.2 Å². The number of anilines is 1. The SMILES string of the molecule is C=C(C)c1cc(N)nc(C)c1CNC(=O)c1ccc2c(c1)C1OC2c2ccc(-c3ccc(F)cc3F)cc21. The molecule has 38 heavy (non-hydrogen) atoms. The van der Waals surface area contributed by atoms with Gasteiger partial charge in [-0.3, -0.25) is 4.79 Å². The lowest BCUT2D eigenvalue weighted by molar-refractivity contribution is 0.0857. The number of halogens is 2. The minimum Gasteiger partial charge on any atom is -0.384 e. The normalized spacial score (nSPS) is 16.7. The summed E-state index contributed by atoms with van der Waals surface area (Å²) >= 11 is 0. The van der Waals surface area contributed by atoms with Gasteiger partial charge in [0.05, 0.1) is 0 Å². The number of fused-ring (bicyclic) bond motifs is 8. The second kappa shape index (κ2) is 8.89. The molecule has 0 radical (unpaired) electrons. The number of ether oxygens (including phenoxy) is 1. The smallest absolute Gasteiger partial charge is 0.251 e. The van der Waals surface area contributed by atoms with Crippen LogP contribution >= 0.6 is 0 Å². The number of nitrogens with two attached hydrogens (primary N) is 1. The van der Waals surface area contributed by atoms with Crippen LogP contribution in [0.4, 0.5) is 14.6 Å². The number of aromatic nitrogens is 1. The summed E-state index contributed by atoms with van der Waals surface area (Å²) in [4.78, 5) is 17.5. The summed E-state index contributed by atoms with van der Waals surface area (Å²) in [6.07, 6.45) is -0.601. The van der Waals surface area contributed by atoms with Crippen molar-refractivity contribution in [3.8, 4) is 11.1 Å². The number of allylic oxidation sites excluding steroid dienone is 1. The molecule has 0 aliphatic carbocycles. The van der Waals surface area contributed by atoms with Gasteiger partial charge in [0.15, 0.2) is 0 Å². The van der Waals surface area contributed by atoms with E-state index in [4.69, 9.17) is 10.5 Å². The van der Waals surface area contributed by atoms with Gasteiger partial charge in [0, 0.05) is 35.0 Å². The first kappa shape index (κ1) is 24.0. The van der Waals surface area contributed by atoms with Crippen molar-refractivity contribution in [1.82, 2.24) is 10.3 Å². The van der Waals surface area contributed by atoms with Gasteiger partial charge in [0.25, 0.3) is 5.91 Å². The Morgan fingerprint density at radius 3 is 2.45 bits per heavy atom. The summed E-state index contributed by atoms with van der Waals surface area (Å²) in [6.45, 7) is 8.06. The molecule has 2 bridgehead atoms. The van der Waals surface area contributed by atoms with Crippen LogP contribution in [0.1, 0.15) is 68.6 Å². The van der Waals surface area contributed by atoms with Gasteiger partial charge in [-0.05, 0) is 83.6 Å². The average Bonchev–Trinajstić information content (AvgIpc) is 3.44. The summed E-state index contributed by atoms with van der Waals surface area (Å²) in [7, 11) is 0. The number of nitrogens with zero attached hydrogens (tertiary/aromatic N) is 1. The fourth-order valence-corrected chi connectivity index (χ4v) is 5.48. The fourth-order valence-electron chi connectivity index (χ4n) is 5.48. The number of aryl methyl sites for hydroxylation is 1. The van der Waals surface area contributed by atoms with Crippen LogP contribution in [-0.4, -0.2) is 10.9 Å². The topological polar surface area (TPSA) is 77.2 Å². The summed E-state index contributed by atoms with van der Waals surface area (Å²) in [5.41, 5.74) is 14.6. The molecule has 1 amide bonds. The van der Waals surface area contributed by atoms with Gasteiger partial charge in [-0.25, -0.2) is 13.8 Å². The molecular weight excluding hydrogens is 484 g/mol. The highest BCUT2D eigenvalue weighted by Gasteiger charge is 2.43. The van der Waals surface area contributed by atoms with Crippen molar-refractivity contribution in [3.63, 3.8) is 0 Å². The maximum atomic E-state index is 14.4.